The van der Waals surface area contributed by atoms with E-state index in [1.165, 1.54) is 17.0 Å². The van der Waals surface area contributed by atoms with E-state index in [0.29, 0.717) is 28.3 Å². The fraction of sp³-hybridized carbons (Fsp3) is 0.286. The molecule has 1 aromatic carbocycles. The van der Waals surface area contributed by atoms with Gasteiger partial charge in [0.1, 0.15) is 11.5 Å². The second-order valence-electron chi connectivity index (χ2n) is 5.11. The number of nitrogens with one attached hydrogen (secondary N) is 1. The molecule has 1 fully saturated rings. The molecule has 1 aliphatic heterocycles. The molecule has 2 N–H and O–H groups in total. The largest absolute Gasteiger partial charge is 0.481 e. The van der Waals surface area contributed by atoms with Gasteiger partial charge in [0.15, 0.2) is 0 Å². The Hall–Kier alpha value is -1.89. The van der Waals surface area contributed by atoms with Gasteiger partial charge in [0.2, 0.25) is 0 Å². The first kappa shape index (κ1) is 14.1. The van der Waals surface area contributed by atoms with E-state index < -0.39 is 17.7 Å². The van der Waals surface area contributed by atoms with E-state index in [9.17, 15) is 14.0 Å². The molecule has 0 saturated carbocycles. The van der Waals surface area contributed by atoms with Crippen LogP contribution in [0.2, 0.25) is 0 Å². The number of carbonyl (C=O) groups is 2. The third kappa shape index (κ3) is 2.53. The molecule has 0 radical (unpaired) electrons. The lowest BCUT2D eigenvalue weighted by Crippen LogP contribution is -2.30. The van der Waals surface area contributed by atoms with Crippen LogP contribution in [0.5, 0.6) is 0 Å². The smallest absolute Gasteiger partial charge is 0.308 e. The summed E-state index contributed by atoms with van der Waals surface area (Å²) in [7, 11) is 0. The number of carboxylic acids is 1. The lowest BCUT2D eigenvalue weighted by molar-refractivity contribution is -0.141. The Morgan fingerprint density at radius 3 is 2.81 bits per heavy atom. The standard InChI is InChI=1S/C14H12BrFN2O3/c15-8-3-10(16)9-5-12(17-11(9)4-8)13(19)18-2-1-7(6-18)14(20)21/h3-5,7,17H,1-2,6H2,(H,20,21). The topological polar surface area (TPSA) is 73.4 Å². The third-order valence-corrected chi connectivity index (χ3v) is 4.17. The van der Waals surface area contributed by atoms with Crippen LogP contribution in [0.15, 0.2) is 22.7 Å². The van der Waals surface area contributed by atoms with Gasteiger partial charge in [0.05, 0.1) is 11.4 Å². The number of carbonyl (C=O) groups excluding carboxylic acids is 1. The monoisotopic (exact) mass is 354 g/mol. The Morgan fingerprint density at radius 2 is 2.14 bits per heavy atom. The maximum absolute atomic E-state index is 13.8. The van der Waals surface area contributed by atoms with Crippen molar-refractivity contribution in [3.05, 3.63) is 34.2 Å². The summed E-state index contributed by atoms with van der Waals surface area (Å²) in [6, 6.07) is 4.49. The van der Waals surface area contributed by atoms with Crippen LogP contribution in [-0.4, -0.2) is 40.0 Å². The molecule has 1 atom stereocenters. The summed E-state index contributed by atoms with van der Waals surface area (Å²) in [5, 5.41) is 9.31. The molecular formula is C14H12BrFN2O3. The average Bonchev–Trinajstić information content (AvgIpc) is 3.04. The fourth-order valence-electron chi connectivity index (χ4n) is 2.59. The molecule has 2 heterocycles. The van der Waals surface area contributed by atoms with Crippen molar-refractivity contribution in [2.75, 3.05) is 13.1 Å². The van der Waals surface area contributed by atoms with Gasteiger partial charge < -0.3 is 15.0 Å². The van der Waals surface area contributed by atoms with E-state index in [-0.39, 0.29) is 18.1 Å². The Bertz CT molecular complexity index is 743. The lowest BCUT2D eigenvalue weighted by atomic mass is 10.1. The summed E-state index contributed by atoms with van der Waals surface area (Å²) >= 11 is 3.20. The Kier molecular flexibility index (Phi) is 3.44. The first-order chi connectivity index (χ1) is 9.95. The summed E-state index contributed by atoms with van der Waals surface area (Å²) in [6.45, 7) is 0.590. The molecule has 5 nitrogen and oxygen atoms in total. The van der Waals surface area contributed by atoms with E-state index >= 15 is 0 Å². The van der Waals surface area contributed by atoms with E-state index in [1.54, 1.807) is 6.07 Å². The molecule has 0 spiro atoms. The molecule has 21 heavy (non-hydrogen) atoms. The Morgan fingerprint density at radius 1 is 1.38 bits per heavy atom. The van der Waals surface area contributed by atoms with E-state index in [2.05, 4.69) is 20.9 Å². The number of H-pyrrole nitrogens is 1. The highest BCUT2D eigenvalue weighted by molar-refractivity contribution is 9.10. The van der Waals surface area contributed by atoms with Crippen LogP contribution in [0.3, 0.4) is 0 Å². The van der Waals surface area contributed by atoms with Gasteiger partial charge in [0.25, 0.3) is 5.91 Å². The normalized spacial score (nSPS) is 18.4. The van der Waals surface area contributed by atoms with Crippen LogP contribution >= 0.6 is 15.9 Å². The summed E-state index contributed by atoms with van der Waals surface area (Å²) < 4.78 is 14.4. The van der Waals surface area contributed by atoms with Crippen LogP contribution < -0.4 is 0 Å². The fourth-order valence-corrected chi connectivity index (χ4v) is 3.02. The van der Waals surface area contributed by atoms with Crippen molar-refractivity contribution >= 4 is 38.7 Å². The minimum atomic E-state index is -0.892. The number of amides is 1. The van der Waals surface area contributed by atoms with E-state index in [0.717, 1.165) is 0 Å². The van der Waals surface area contributed by atoms with Gasteiger partial charge in [-0.2, -0.15) is 0 Å². The van der Waals surface area contributed by atoms with Crippen molar-refractivity contribution in [2.45, 2.75) is 6.42 Å². The van der Waals surface area contributed by atoms with Crippen molar-refractivity contribution in [1.29, 1.82) is 0 Å². The van der Waals surface area contributed by atoms with Gasteiger partial charge in [-0.05, 0) is 24.6 Å². The number of benzene rings is 1. The first-order valence-corrected chi connectivity index (χ1v) is 7.25. The SMILES string of the molecule is O=C(O)C1CCN(C(=O)c2cc3c(F)cc(Br)cc3[nH]2)C1. The zero-order chi connectivity index (χ0) is 15.1. The molecular weight excluding hydrogens is 343 g/mol. The number of fused-ring (bicyclic) bond motifs is 1. The minimum absolute atomic E-state index is 0.190. The summed E-state index contributed by atoms with van der Waals surface area (Å²) in [6.07, 6.45) is 0.446. The van der Waals surface area contributed by atoms with Crippen LogP contribution in [0.4, 0.5) is 4.39 Å². The maximum Gasteiger partial charge on any atom is 0.308 e. The minimum Gasteiger partial charge on any atom is -0.481 e. The maximum atomic E-state index is 13.8. The Balaban J connectivity index is 1.89. The van der Waals surface area contributed by atoms with Gasteiger partial charge >= 0.3 is 5.97 Å². The molecule has 1 aromatic heterocycles. The summed E-state index contributed by atoms with van der Waals surface area (Å²) in [5.41, 5.74) is 0.798. The van der Waals surface area contributed by atoms with Gasteiger partial charge in [-0.1, -0.05) is 15.9 Å². The molecule has 0 aliphatic carbocycles. The van der Waals surface area contributed by atoms with E-state index in [4.69, 9.17) is 5.11 Å². The second kappa shape index (κ2) is 5.14. The predicted octanol–water partition coefficient (Wildman–Crippen LogP) is 2.62. The molecule has 1 aliphatic rings. The van der Waals surface area contributed by atoms with Gasteiger partial charge in [-0.15, -0.1) is 0 Å². The van der Waals surface area contributed by atoms with Gasteiger partial charge in [0, 0.05) is 22.9 Å². The molecule has 1 unspecified atom stereocenters. The lowest BCUT2D eigenvalue weighted by Gasteiger charge is -2.14. The van der Waals surface area contributed by atoms with Crippen LogP contribution in [0, 0.1) is 11.7 Å². The molecule has 1 amide bonds. The summed E-state index contributed by atoms with van der Waals surface area (Å²) in [5.74, 6) is -2.13. The predicted molar refractivity (Wildman–Crippen MR) is 77.6 cm³/mol. The van der Waals surface area contributed by atoms with Crippen LogP contribution in [0.1, 0.15) is 16.9 Å². The van der Waals surface area contributed by atoms with Crippen molar-refractivity contribution in [3.63, 3.8) is 0 Å². The number of aromatic nitrogens is 1. The number of rotatable bonds is 2. The van der Waals surface area contributed by atoms with Gasteiger partial charge in [-0.3, -0.25) is 9.59 Å². The number of carboxylic acid groups (broad SMARTS) is 1. The second-order valence-corrected chi connectivity index (χ2v) is 6.02. The number of aromatic amines is 1. The van der Waals surface area contributed by atoms with E-state index in [1.807, 2.05) is 0 Å². The highest BCUT2D eigenvalue weighted by Gasteiger charge is 2.31. The number of halogens is 2. The summed E-state index contributed by atoms with van der Waals surface area (Å²) in [4.78, 5) is 27.6. The molecule has 2 aromatic rings. The van der Waals surface area contributed by atoms with Crippen LogP contribution in [0.25, 0.3) is 10.9 Å². The highest BCUT2D eigenvalue weighted by Crippen LogP contribution is 2.25. The number of likely N-dealkylation sites (tertiary alicyclic amines) is 1. The average molecular weight is 355 g/mol. The number of nitrogens with zero attached hydrogens (tertiary/aromatic N) is 1. The molecule has 3 rings (SSSR count). The zero-order valence-electron chi connectivity index (χ0n) is 10.9. The van der Waals surface area contributed by atoms with Crippen molar-refractivity contribution in [2.24, 2.45) is 5.92 Å². The van der Waals surface area contributed by atoms with Gasteiger partial charge in [-0.25, -0.2) is 4.39 Å². The first-order valence-electron chi connectivity index (χ1n) is 6.45. The highest BCUT2D eigenvalue weighted by atomic mass is 79.9. The van der Waals surface area contributed by atoms with Crippen molar-refractivity contribution in [3.8, 4) is 0 Å². The quantitative estimate of drug-likeness (QED) is 0.870. The third-order valence-electron chi connectivity index (χ3n) is 3.71. The number of hydrogen-bond donors (Lipinski definition) is 2. The number of hydrogen-bond acceptors (Lipinski definition) is 2. The number of aliphatic carboxylic acids is 1. The van der Waals surface area contributed by atoms with Crippen LogP contribution in [-0.2, 0) is 4.79 Å². The molecule has 1 saturated heterocycles. The zero-order valence-corrected chi connectivity index (χ0v) is 12.5. The van der Waals surface area contributed by atoms with Crippen molar-refractivity contribution < 1.29 is 19.1 Å². The Labute approximate surface area is 127 Å². The molecule has 110 valence electrons. The molecule has 0 bridgehead atoms. The van der Waals surface area contributed by atoms with Crippen molar-refractivity contribution in [1.82, 2.24) is 9.88 Å². The molecule has 7 heteroatoms.